The van der Waals surface area contributed by atoms with E-state index in [1.807, 2.05) is 0 Å². The summed E-state index contributed by atoms with van der Waals surface area (Å²) in [5, 5.41) is 6.81. The fourth-order valence-electron chi connectivity index (χ4n) is 5.72. The van der Waals surface area contributed by atoms with Crippen molar-refractivity contribution in [1.29, 1.82) is 0 Å². The molecule has 0 aliphatic heterocycles. The zero-order chi connectivity index (χ0) is 21.7. The van der Waals surface area contributed by atoms with Gasteiger partial charge in [0.05, 0.1) is 27.3 Å². The van der Waals surface area contributed by atoms with Crippen molar-refractivity contribution in [3.05, 3.63) is 71.4 Å². The second kappa shape index (κ2) is 5.97. The Morgan fingerprint density at radius 3 is 2.39 bits per heavy atom. The Kier molecular flexibility index (Phi) is 3.59. The molecule has 0 fully saturated rings. The monoisotopic (exact) mass is 405 g/mol. The number of pyridine rings is 2. The molecular formula is C29H29N2+. The number of fused-ring (bicyclic) bond motifs is 5. The highest BCUT2D eigenvalue weighted by atomic mass is 15.0. The van der Waals surface area contributed by atoms with Gasteiger partial charge in [0, 0.05) is 16.8 Å². The van der Waals surface area contributed by atoms with Gasteiger partial charge in [-0.25, -0.2) is 4.57 Å². The van der Waals surface area contributed by atoms with E-state index in [4.69, 9.17) is 0 Å². The maximum atomic E-state index is 2.54. The lowest BCUT2D eigenvalue weighted by Crippen LogP contribution is -2.29. The predicted octanol–water partition coefficient (Wildman–Crippen LogP) is 7.02. The Balaban J connectivity index is 1.99. The molecule has 0 saturated carbocycles. The first-order valence-corrected chi connectivity index (χ1v) is 11.2. The normalized spacial score (nSPS) is 13.0. The Bertz CT molecular complexity index is 1660. The minimum atomic E-state index is 0.247. The molecule has 0 spiro atoms. The quantitative estimate of drug-likeness (QED) is 0.158. The Morgan fingerprint density at radius 2 is 1.61 bits per heavy atom. The van der Waals surface area contributed by atoms with Crippen molar-refractivity contribution in [3.63, 3.8) is 0 Å². The fraction of sp³-hybridized carbons (Fsp3) is 0.276. The molecule has 2 heteroatoms. The molecule has 3 aromatic carbocycles. The van der Waals surface area contributed by atoms with Gasteiger partial charge in [0.25, 0.3) is 0 Å². The Hall–Kier alpha value is -3.13. The molecule has 0 amide bonds. The summed E-state index contributed by atoms with van der Waals surface area (Å²) in [4.78, 5) is 0. The topological polar surface area (TPSA) is 8.29 Å². The zero-order valence-corrected chi connectivity index (χ0v) is 19.3. The maximum Gasteiger partial charge on any atom is 0.224 e. The lowest BCUT2D eigenvalue weighted by atomic mass is 9.87. The van der Waals surface area contributed by atoms with Gasteiger partial charge in [-0.15, -0.1) is 0 Å². The van der Waals surface area contributed by atoms with Gasteiger partial charge in [-0.3, -0.25) is 0 Å². The second-order valence-corrected chi connectivity index (χ2v) is 10.5. The SMILES string of the molecule is Cc1cccc2c1c1ccc(C)c3c1n2c1cc(CC(C)(C)C)cc2cc[n+](C)c3c21. The molecule has 0 unspecified atom stereocenters. The lowest BCUT2D eigenvalue weighted by Gasteiger charge is -2.20. The predicted molar refractivity (Wildman–Crippen MR) is 132 cm³/mol. The first-order valence-electron chi connectivity index (χ1n) is 11.2. The van der Waals surface area contributed by atoms with Crippen LogP contribution in [0.5, 0.6) is 0 Å². The molecule has 0 saturated heterocycles. The third kappa shape index (κ3) is 2.48. The molecule has 3 aromatic heterocycles. The summed E-state index contributed by atoms with van der Waals surface area (Å²) in [6.45, 7) is 11.5. The van der Waals surface area contributed by atoms with E-state index < -0.39 is 0 Å². The number of rotatable bonds is 1. The minimum Gasteiger partial charge on any atom is -0.307 e. The largest absolute Gasteiger partial charge is 0.307 e. The van der Waals surface area contributed by atoms with Gasteiger partial charge in [0.1, 0.15) is 7.05 Å². The number of nitrogens with zero attached hydrogens (tertiary/aromatic N) is 2. The van der Waals surface area contributed by atoms with Gasteiger partial charge in [-0.2, -0.15) is 0 Å². The van der Waals surface area contributed by atoms with E-state index in [0.717, 1.165) is 6.42 Å². The summed E-state index contributed by atoms with van der Waals surface area (Å²) in [6, 6.07) is 18.5. The van der Waals surface area contributed by atoms with Crippen LogP contribution in [0.2, 0.25) is 0 Å². The molecule has 154 valence electrons. The smallest absolute Gasteiger partial charge is 0.224 e. The van der Waals surface area contributed by atoms with E-state index in [9.17, 15) is 0 Å². The highest BCUT2D eigenvalue weighted by Gasteiger charge is 2.25. The van der Waals surface area contributed by atoms with E-state index in [-0.39, 0.29) is 5.41 Å². The van der Waals surface area contributed by atoms with Crippen molar-refractivity contribution >= 4 is 49.0 Å². The lowest BCUT2D eigenvalue weighted by molar-refractivity contribution is -0.643. The summed E-state index contributed by atoms with van der Waals surface area (Å²) in [5.41, 5.74) is 9.67. The number of benzene rings is 3. The molecule has 0 N–H and O–H groups in total. The Labute approximate surface area is 183 Å². The van der Waals surface area contributed by atoms with Crippen molar-refractivity contribution in [2.24, 2.45) is 12.5 Å². The molecule has 6 rings (SSSR count). The molecule has 2 nitrogen and oxygen atoms in total. The van der Waals surface area contributed by atoms with Crippen LogP contribution in [0, 0.1) is 19.3 Å². The van der Waals surface area contributed by atoms with Gasteiger partial charge >= 0.3 is 0 Å². The molecule has 6 aromatic rings. The van der Waals surface area contributed by atoms with Gasteiger partial charge in [-0.1, -0.05) is 51.1 Å². The molecular weight excluding hydrogens is 376 g/mol. The van der Waals surface area contributed by atoms with Crippen LogP contribution in [0.25, 0.3) is 49.0 Å². The van der Waals surface area contributed by atoms with Crippen LogP contribution in [-0.4, -0.2) is 4.40 Å². The fourth-order valence-corrected chi connectivity index (χ4v) is 5.72. The van der Waals surface area contributed by atoms with Gasteiger partial charge in [0.15, 0.2) is 6.20 Å². The first kappa shape index (κ1) is 18.6. The zero-order valence-electron chi connectivity index (χ0n) is 19.3. The van der Waals surface area contributed by atoms with Crippen LogP contribution >= 0.6 is 0 Å². The van der Waals surface area contributed by atoms with Crippen molar-refractivity contribution in [3.8, 4) is 0 Å². The van der Waals surface area contributed by atoms with Crippen LogP contribution < -0.4 is 4.57 Å². The van der Waals surface area contributed by atoms with E-state index in [0.29, 0.717) is 0 Å². The maximum absolute atomic E-state index is 2.54. The van der Waals surface area contributed by atoms with Crippen molar-refractivity contribution in [2.75, 3.05) is 0 Å². The molecule has 31 heavy (non-hydrogen) atoms. The van der Waals surface area contributed by atoms with Gasteiger partial charge in [-0.05, 0) is 59.9 Å². The van der Waals surface area contributed by atoms with E-state index in [2.05, 4.69) is 105 Å². The summed E-state index contributed by atoms with van der Waals surface area (Å²) < 4.78 is 4.85. The van der Waals surface area contributed by atoms with Crippen LogP contribution in [-0.2, 0) is 13.5 Å². The molecule has 0 bridgehead atoms. The highest BCUT2D eigenvalue weighted by molar-refractivity contribution is 6.26. The third-order valence-electron chi connectivity index (χ3n) is 6.86. The minimum absolute atomic E-state index is 0.247. The van der Waals surface area contributed by atoms with Gasteiger partial charge < -0.3 is 4.40 Å². The average molecular weight is 406 g/mol. The van der Waals surface area contributed by atoms with Crippen molar-refractivity contribution in [2.45, 2.75) is 41.0 Å². The number of aromatic nitrogens is 2. The van der Waals surface area contributed by atoms with Crippen molar-refractivity contribution < 1.29 is 4.57 Å². The van der Waals surface area contributed by atoms with Crippen LogP contribution in [0.1, 0.15) is 37.5 Å². The molecule has 3 heterocycles. The molecule has 0 atom stereocenters. The highest BCUT2D eigenvalue weighted by Crippen LogP contribution is 2.42. The number of hydrogen-bond donors (Lipinski definition) is 0. The van der Waals surface area contributed by atoms with Gasteiger partial charge in [0.2, 0.25) is 5.52 Å². The van der Waals surface area contributed by atoms with E-state index in [1.54, 1.807) is 0 Å². The standard InChI is InChI=1S/C29H29N2/c1-17-8-7-9-22-24(17)21-11-10-18(2)25-27(21)31(22)23-15-19(16-29(3,4)5)14-20-12-13-30(6)28(25)26(20)23/h7-15H,16H2,1-6H3/q+1. The number of aryl methyl sites for hydroxylation is 3. The summed E-state index contributed by atoms with van der Waals surface area (Å²) in [7, 11) is 2.18. The van der Waals surface area contributed by atoms with E-state index in [1.165, 1.54) is 65.7 Å². The second-order valence-electron chi connectivity index (χ2n) is 10.5. The summed E-state index contributed by atoms with van der Waals surface area (Å²) >= 11 is 0. The van der Waals surface area contributed by atoms with E-state index >= 15 is 0 Å². The van der Waals surface area contributed by atoms with Crippen LogP contribution in [0.3, 0.4) is 0 Å². The average Bonchev–Trinajstić information content (AvgIpc) is 3.03. The Morgan fingerprint density at radius 1 is 0.839 bits per heavy atom. The first-order chi connectivity index (χ1) is 14.7. The number of hydrogen-bond acceptors (Lipinski definition) is 0. The molecule has 0 aliphatic carbocycles. The molecule has 0 aliphatic rings. The summed E-state index contributed by atoms with van der Waals surface area (Å²) in [5.74, 6) is 0. The third-order valence-corrected chi connectivity index (χ3v) is 6.86. The summed E-state index contributed by atoms with van der Waals surface area (Å²) in [6.07, 6.45) is 3.29. The molecule has 0 radical (unpaired) electrons. The van der Waals surface area contributed by atoms with Crippen molar-refractivity contribution in [1.82, 2.24) is 4.40 Å². The van der Waals surface area contributed by atoms with Crippen LogP contribution in [0.4, 0.5) is 0 Å². The van der Waals surface area contributed by atoms with Crippen LogP contribution in [0.15, 0.2) is 54.7 Å².